The van der Waals surface area contributed by atoms with Crippen LogP contribution in [0, 0.1) is 17.9 Å². The topological polar surface area (TPSA) is 186 Å². The number of carbonyl (C=O) groups is 3. The summed E-state index contributed by atoms with van der Waals surface area (Å²) in [7, 11) is 1.56. The van der Waals surface area contributed by atoms with Gasteiger partial charge in [-0.1, -0.05) is 35.3 Å². The van der Waals surface area contributed by atoms with Crippen molar-refractivity contribution in [1.29, 1.82) is 5.26 Å². The average Bonchev–Trinajstić information content (AvgIpc) is 3.85. The van der Waals surface area contributed by atoms with E-state index in [1.165, 1.54) is 20.4 Å². The van der Waals surface area contributed by atoms with E-state index < -0.39 is 19.1 Å². The summed E-state index contributed by atoms with van der Waals surface area (Å²) in [6.07, 6.45) is 6.76. The molecule has 0 aliphatic carbocycles. The number of hydrogen-bond acceptors (Lipinski definition) is 12. The number of allylic oxidation sites excluding steroid dienone is 1. The van der Waals surface area contributed by atoms with Gasteiger partial charge in [0.2, 0.25) is 5.69 Å². The van der Waals surface area contributed by atoms with Crippen LogP contribution in [0.1, 0.15) is 30.8 Å². The quantitative estimate of drug-likeness (QED) is 0.0444. The molecule has 1 aliphatic rings. The monoisotopic (exact) mass is 862 g/mol. The van der Waals surface area contributed by atoms with Gasteiger partial charge in [-0.25, -0.2) is 14.6 Å². The van der Waals surface area contributed by atoms with Gasteiger partial charge in [-0.15, -0.1) is 23.2 Å². The molecule has 2 aromatic carbocycles. The smallest absolute Gasteiger partial charge is 1.00 e. The zero-order valence-corrected chi connectivity index (χ0v) is 38.3. The number of aliphatic imine (C=N–C) groups is 1. The molecule has 20 heteroatoms. The maximum atomic E-state index is 11.5. The molecule has 6 rings (SSSR count). The molecular weight excluding hydrogens is 834 g/mol. The molecule has 5 aromatic rings. The van der Waals surface area contributed by atoms with Crippen molar-refractivity contribution in [1.82, 2.24) is 19.5 Å². The van der Waals surface area contributed by atoms with Crippen molar-refractivity contribution in [2.75, 3.05) is 21.4 Å². The first kappa shape index (κ1) is 50.3. The second kappa shape index (κ2) is 28.7. The van der Waals surface area contributed by atoms with Gasteiger partial charge in [0, 0.05) is 35.5 Å². The number of pyridine rings is 2. The van der Waals surface area contributed by atoms with Crippen molar-refractivity contribution >= 4 is 86.7 Å². The van der Waals surface area contributed by atoms with Crippen LogP contribution in [0.25, 0.3) is 26.7 Å². The third-order valence-corrected chi connectivity index (χ3v) is 7.21. The van der Waals surface area contributed by atoms with Crippen LogP contribution in [0.2, 0.25) is 10.0 Å². The fourth-order valence-electron chi connectivity index (χ4n) is 4.24. The molecule has 4 heterocycles. The molecule has 276 valence electrons. The molecule has 0 spiro atoms. The Morgan fingerprint density at radius 3 is 2.04 bits per heavy atom. The number of methoxy groups -OCH3 is 2. The van der Waals surface area contributed by atoms with Crippen molar-refractivity contribution < 1.29 is 144 Å². The van der Waals surface area contributed by atoms with E-state index in [-0.39, 0.29) is 128 Å². The van der Waals surface area contributed by atoms with Gasteiger partial charge in [-0.2, -0.15) is 5.26 Å². The molecule has 0 atom stereocenters. The van der Waals surface area contributed by atoms with Crippen LogP contribution in [-0.2, 0) is 36.4 Å². The summed E-state index contributed by atoms with van der Waals surface area (Å²) in [6.45, 7) is 7.41. The molecule has 0 saturated carbocycles. The van der Waals surface area contributed by atoms with Crippen LogP contribution < -0.4 is 108 Å². The maximum absolute atomic E-state index is 11.5. The minimum absolute atomic E-state index is 0. The molecule has 0 saturated heterocycles. The van der Waals surface area contributed by atoms with E-state index in [2.05, 4.69) is 39.2 Å². The largest absolute Gasteiger partial charge is 1.00 e. The van der Waals surface area contributed by atoms with Crippen molar-refractivity contribution in [3.8, 4) is 6.07 Å². The number of fused-ring (bicyclic) bond motifs is 2. The van der Waals surface area contributed by atoms with E-state index >= 15 is 0 Å². The van der Waals surface area contributed by atoms with Crippen LogP contribution >= 0.6 is 34.8 Å². The van der Waals surface area contributed by atoms with Crippen LogP contribution in [0.3, 0.4) is 0 Å². The predicted molar refractivity (Wildman–Crippen MR) is 195 cm³/mol. The third-order valence-electron chi connectivity index (χ3n) is 6.49. The van der Waals surface area contributed by atoms with Gasteiger partial charge < -0.3 is 25.9 Å². The second-order valence-corrected chi connectivity index (χ2v) is 10.9. The molecule has 3 aromatic heterocycles. The molecule has 1 aliphatic heterocycles. The number of alkyl halides is 2. The number of halogens is 4. The minimum atomic E-state index is -1.00. The molecule has 55 heavy (non-hydrogen) atoms. The van der Waals surface area contributed by atoms with E-state index in [4.69, 9.17) is 58.1 Å². The first-order valence-electron chi connectivity index (χ1n) is 15.2. The summed E-state index contributed by atoms with van der Waals surface area (Å²) < 4.78 is 26.1. The Bertz CT molecular complexity index is 2240. The molecule has 0 fully saturated rings. The number of imidazole rings is 1. The number of hydrogen-bond donors (Lipinski definition) is 0. The van der Waals surface area contributed by atoms with Crippen LogP contribution in [0.5, 0.6) is 0 Å². The fourth-order valence-corrected chi connectivity index (χ4v) is 4.73. The number of rotatable bonds is 6. The summed E-state index contributed by atoms with van der Waals surface area (Å²) in [5.74, 6) is -0.407. The number of ether oxygens (including phenoxy) is 2. The van der Waals surface area contributed by atoms with E-state index in [0.29, 0.717) is 34.6 Å². The zero-order chi connectivity index (χ0) is 40.0. The van der Waals surface area contributed by atoms with Crippen LogP contribution in [0.4, 0.5) is 10.3 Å². The maximum Gasteiger partial charge on any atom is 1.00 e. The summed E-state index contributed by atoms with van der Waals surface area (Å²) >= 11 is 17.5. The standard InChI is InChI=1S/C16H11ClN4O2.C10H7Cl2N.C7H6N2O2.CH3F.CH2O3.2K.H/c1-18-16-20-14(15(22)23-2)9-21(16)8-10-3-4-13-11(5-10)6-12(17)7-19-13;11-5-7-1-2-10-8(3-7)4-9(12)6-13-10;1-11-7(10)6-3-2-5(4-8)9-6;1-2;2-1-4-3;;;/h3-7,9H,8H2,2H3;1-4,6H,5H2;3H,2H2,1H3;1H3;1,3H;;;/q;;;;;2*+1;-1/p-1/i;;;1D;;;;. The van der Waals surface area contributed by atoms with E-state index in [1.807, 2.05) is 54.6 Å². The van der Waals surface area contributed by atoms with E-state index in [0.717, 1.165) is 32.9 Å². The Morgan fingerprint density at radius 2 is 1.58 bits per heavy atom. The normalized spacial score (nSPS) is 10.6. The van der Waals surface area contributed by atoms with Crippen molar-refractivity contribution in [3.63, 3.8) is 0 Å². The van der Waals surface area contributed by atoms with Gasteiger partial charge in [0.1, 0.15) is 17.5 Å². The first-order valence-corrected chi connectivity index (χ1v) is 15.8. The molecule has 14 nitrogen and oxygen atoms in total. The van der Waals surface area contributed by atoms with Gasteiger partial charge in [-0.05, 0) is 53.6 Å². The summed E-state index contributed by atoms with van der Waals surface area (Å²) in [4.78, 5) is 53.0. The number of carbonyl (C=O) groups excluding carboxylic acids is 3. The van der Waals surface area contributed by atoms with E-state index in [9.17, 15) is 14.0 Å². The summed E-state index contributed by atoms with van der Waals surface area (Å²) in [6, 6.07) is 17.2. The number of benzene rings is 2. The summed E-state index contributed by atoms with van der Waals surface area (Å²) in [5, 5.41) is 20.0. The number of esters is 2. The Balaban J connectivity index is 0. The number of aromatic nitrogens is 4. The Kier molecular flexibility index (Phi) is 26.2. The van der Waals surface area contributed by atoms with Gasteiger partial charge >= 0.3 is 121 Å². The molecule has 0 unspecified atom stereocenters. The molecular formula is C35H29Cl3FK2N7O7. The molecule has 0 bridgehead atoms. The van der Waals surface area contributed by atoms with Crippen LogP contribution in [0.15, 0.2) is 83.9 Å². The van der Waals surface area contributed by atoms with Gasteiger partial charge in [0.25, 0.3) is 6.47 Å². The molecule has 0 amide bonds. The Hall–Kier alpha value is -2.70. The SMILES string of the molecule is COC(=O)C1=CCC(C#N)=N1.ClCc1ccc2ncc(Cl)cc2c1.O=CO[O-].[2H]CF.[C-]#[N+]c1nc(C(=O)OC)cn1Cc1ccc2ncc(Cl)cc2c1.[H-].[K+].[K+]. The van der Waals surface area contributed by atoms with Gasteiger partial charge in [0.05, 0.1) is 56.6 Å². The van der Waals surface area contributed by atoms with Crippen molar-refractivity contribution in [3.05, 3.63) is 117 Å². The second-order valence-electron chi connectivity index (χ2n) is 9.80. The average molecular weight is 864 g/mol. The van der Waals surface area contributed by atoms with Gasteiger partial charge in [-0.3, -0.25) is 23.7 Å². The zero-order valence-electron chi connectivity index (χ0n) is 31.8. The van der Waals surface area contributed by atoms with E-state index in [1.54, 1.807) is 23.0 Å². The van der Waals surface area contributed by atoms with Crippen LogP contribution in [-0.4, -0.2) is 65.0 Å². The summed E-state index contributed by atoms with van der Waals surface area (Å²) in [5.41, 5.74) is 4.50. The molecule has 0 N–H and O–H groups in total. The number of nitriles is 1. The predicted octanol–water partition coefficient (Wildman–Crippen LogP) is 0.650. The first-order chi connectivity index (χ1) is 26.0. The van der Waals surface area contributed by atoms with Gasteiger partial charge in [0.15, 0.2) is 0 Å². The third kappa shape index (κ3) is 17.1. The molecule has 0 radical (unpaired) electrons. The number of nitrogens with zero attached hydrogens (tertiary/aromatic N) is 7. The van der Waals surface area contributed by atoms with Crippen molar-refractivity contribution in [2.24, 2.45) is 4.99 Å². The fraction of sp³-hybridized carbons (Fsp3) is 0.171. The Morgan fingerprint density at radius 1 is 1.05 bits per heavy atom. The van der Waals surface area contributed by atoms with Crippen molar-refractivity contribution in [2.45, 2.75) is 18.8 Å². The minimum Gasteiger partial charge on any atom is -1.00 e. The Labute approximate surface area is 418 Å².